The Morgan fingerprint density at radius 1 is 1.19 bits per heavy atom. The Morgan fingerprint density at radius 3 is 2.78 bits per heavy atom. The molecule has 4 rings (SSSR count). The minimum Gasteiger partial charge on any atom is -0.491 e. The van der Waals surface area contributed by atoms with Crippen LogP contribution in [-0.2, 0) is 13.1 Å². The predicted octanol–water partition coefficient (Wildman–Crippen LogP) is 3.77. The van der Waals surface area contributed by atoms with Crippen LogP contribution in [0.5, 0.6) is 11.6 Å². The summed E-state index contributed by atoms with van der Waals surface area (Å²) in [5, 5.41) is 4.56. The maximum atomic E-state index is 13.0. The Labute approximate surface area is 187 Å². The smallest absolute Gasteiger partial charge is 0.260 e. The molecule has 0 atom stereocenters. The molecule has 8 heteroatoms. The molecule has 0 saturated heterocycles. The van der Waals surface area contributed by atoms with Crippen LogP contribution < -0.4 is 20.1 Å². The first kappa shape index (κ1) is 21.4. The second-order valence-electron chi connectivity index (χ2n) is 7.64. The maximum Gasteiger partial charge on any atom is 0.260 e. The van der Waals surface area contributed by atoms with E-state index in [0.717, 1.165) is 35.2 Å². The van der Waals surface area contributed by atoms with Gasteiger partial charge in [0, 0.05) is 35.3 Å². The van der Waals surface area contributed by atoms with Gasteiger partial charge in [0.15, 0.2) is 11.6 Å². The van der Waals surface area contributed by atoms with Gasteiger partial charge in [-0.3, -0.25) is 14.4 Å². The number of benzene rings is 1. The highest BCUT2D eigenvalue weighted by Crippen LogP contribution is 2.33. The number of rotatable bonds is 8. The molecular weight excluding hydrogens is 406 g/mol. The molecule has 0 aliphatic carbocycles. The van der Waals surface area contributed by atoms with Crippen LogP contribution in [-0.4, -0.2) is 34.9 Å². The predicted molar refractivity (Wildman–Crippen MR) is 123 cm³/mol. The third kappa shape index (κ3) is 4.16. The monoisotopic (exact) mass is 433 g/mol. The summed E-state index contributed by atoms with van der Waals surface area (Å²) < 4.78 is 12.3. The number of fused-ring (bicyclic) bond motifs is 1. The van der Waals surface area contributed by atoms with E-state index in [1.54, 1.807) is 30.0 Å². The summed E-state index contributed by atoms with van der Waals surface area (Å²) in [6.45, 7) is 3.08. The Morgan fingerprint density at radius 2 is 2.03 bits per heavy atom. The lowest BCUT2D eigenvalue weighted by molar-refractivity contribution is 0.0996. The van der Waals surface area contributed by atoms with Crippen molar-refractivity contribution in [3.05, 3.63) is 65.6 Å². The molecule has 1 aliphatic rings. The van der Waals surface area contributed by atoms with E-state index in [1.807, 2.05) is 42.6 Å². The summed E-state index contributed by atoms with van der Waals surface area (Å²) in [6.07, 6.45) is 7.59. The molecule has 0 bridgehead atoms. The second kappa shape index (κ2) is 9.13. The maximum absolute atomic E-state index is 13.0. The van der Waals surface area contributed by atoms with Gasteiger partial charge in [-0.05, 0) is 35.7 Å². The SMILES string of the molecule is CCC/C=C(/N)Cn1ccc(N2Cc3cc(-c4cnc(OC)c(OC)c4)ccc3C2=O)n1. The van der Waals surface area contributed by atoms with E-state index in [9.17, 15) is 4.79 Å². The van der Waals surface area contributed by atoms with E-state index >= 15 is 0 Å². The molecule has 32 heavy (non-hydrogen) atoms. The Hall–Kier alpha value is -3.81. The van der Waals surface area contributed by atoms with Crippen LogP contribution in [0.25, 0.3) is 11.1 Å². The topological polar surface area (TPSA) is 95.5 Å². The van der Waals surface area contributed by atoms with Gasteiger partial charge in [-0.2, -0.15) is 5.10 Å². The number of allylic oxidation sites excluding steroid dienone is 2. The second-order valence-corrected chi connectivity index (χ2v) is 7.64. The molecule has 1 aliphatic heterocycles. The number of aromatic nitrogens is 3. The molecule has 1 aromatic carbocycles. The summed E-state index contributed by atoms with van der Waals surface area (Å²) in [5.74, 6) is 1.54. The molecule has 1 amide bonds. The van der Waals surface area contributed by atoms with Gasteiger partial charge in [-0.1, -0.05) is 25.5 Å². The summed E-state index contributed by atoms with van der Waals surface area (Å²) in [6, 6.07) is 9.50. The van der Waals surface area contributed by atoms with Crippen molar-refractivity contribution in [1.29, 1.82) is 0 Å². The van der Waals surface area contributed by atoms with Gasteiger partial charge >= 0.3 is 0 Å². The van der Waals surface area contributed by atoms with Crippen LogP contribution in [0.4, 0.5) is 5.82 Å². The fourth-order valence-corrected chi connectivity index (χ4v) is 3.74. The third-order valence-corrected chi connectivity index (χ3v) is 5.42. The molecule has 3 heterocycles. The zero-order valence-corrected chi connectivity index (χ0v) is 18.5. The van der Waals surface area contributed by atoms with Gasteiger partial charge in [-0.15, -0.1) is 0 Å². The Bertz CT molecular complexity index is 1170. The average Bonchev–Trinajstić information content (AvgIpc) is 3.40. The molecule has 0 saturated carbocycles. The van der Waals surface area contributed by atoms with Crippen molar-refractivity contribution < 1.29 is 14.3 Å². The largest absolute Gasteiger partial charge is 0.491 e. The summed E-state index contributed by atoms with van der Waals surface area (Å²) in [5.41, 5.74) is 10.3. The number of nitrogens with two attached hydrogens (primary N) is 1. The summed E-state index contributed by atoms with van der Waals surface area (Å²) in [7, 11) is 3.13. The molecular formula is C24H27N5O3. The van der Waals surface area contributed by atoms with Crippen molar-refractivity contribution in [1.82, 2.24) is 14.8 Å². The number of anilines is 1. The quantitative estimate of drug-likeness (QED) is 0.581. The van der Waals surface area contributed by atoms with Crippen LogP contribution in [0.3, 0.4) is 0 Å². The van der Waals surface area contributed by atoms with Gasteiger partial charge in [0.2, 0.25) is 0 Å². The first-order valence-electron chi connectivity index (χ1n) is 10.5. The number of hydrogen-bond acceptors (Lipinski definition) is 6. The van der Waals surface area contributed by atoms with Crippen LogP contribution in [0.15, 0.2) is 54.5 Å². The van der Waals surface area contributed by atoms with E-state index in [2.05, 4.69) is 17.0 Å². The van der Waals surface area contributed by atoms with Gasteiger partial charge in [-0.25, -0.2) is 4.98 Å². The lowest BCUT2D eigenvalue weighted by atomic mass is 10.0. The number of ether oxygens (including phenoxy) is 2. The average molecular weight is 434 g/mol. The fraction of sp³-hybridized carbons (Fsp3) is 0.292. The van der Waals surface area contributed by atoms with E-state index in [0.29, 0.717) is 36.1 Å². The number of hydrogen-bond donors (Lipinski definition) is 1. The van der Waals surface area contributed by atoms with E-state index in [-0.39, 0.29) is 5.91 Å². The van der Waals surface area contributed by atoms with Crippen LogP contribution >= 0.6 is 0 Å². The minimum atomic E-state index is -0.0586. The number of pyridine rings is 1. The highest BCUT2D eigenvalue weighted by molar-refractivity contribution is 6.09. The molecule has 0 spiro atoms. The van der Waals surface area contributed by atoms with Crippen molar-refractivity contribution in [3.8, 4) is 22.8 Å². The van der Waals surface area contributed by atoms with Crippen molar-refractivity contribution in [3.63, 3.8) is 0 Å². The van der Waals surface area contributed by atoms with E-state index < -0.39 is 0 Å². The number of methoxy groups -OCH3 is 2. The number of carbonyl (C=O) groups excluding carboxylic acids is 1. The molecule has 0 unspecified atom stereocenters. The molecule has 8 nitrogen and oxygen atoms in total. The summed E-state index contributed by atoms with van der Waals surface area (Å²) in [4.78, 5) is 19.0. The van der Waals surface area contributed by atoms with E-state index in [1.165, 1.54) is 0 Å². The summed E-state index contributed by atoms with van der Waals surface area (Å²) >= 11 is 0. The van der Waals surface area contributed by atoms with Crippen molar-refractivity contribution in [2.24, 2.45) is 5.73 Å². The zero-order valence-electron chi connectivity index (χ0n) is 18.5. The third-order valence-electron chi connectivity index (χ3n) is 5.42. The fourth-order valence-electron chi connectivity index (χ4n) is 3.74. The van der Waals surface area contributed by atoms with Crippen molar-refractivity contribution in [2.45, 2.75) is 32.9 Å². The van der Waals surface area contributed by atoms with Gasteiger partial charge in [0.05, 0.1) is 27.3 Å². The van der Waals surface area contributed by atoms with Crippen molar-refractivity contribution >= 4 is 11.7 Å². The van der Waals surface area contributed by atoms with Gasteiger partial charge in [0.1, 0.15) is 0 Å². The molecule has 2 N–H and O–H groups in total. The zero-order chi connectivity index (χ0) is 22.7. The highest BCUT2D eigenvalue weighted by atomic mass is 16.5. The number of amides is 1. The minimum absolute atomic E-state index is 0.0586. The van der Waals surface area contributed by atoms with Gasteiger partial charge in [0.25, 0.3) is 11.8 Å². The molecule has 166 valence electrons. The first-order chi connectivity index (χ1) is 15.5. The van der Waals surface area contributed by atoms with Gasteiger partial charge < -0.3 is 15.2 Å². The normalized spacial score (nSPS) is 13.4. The van der Waals surface area contributed by atoms with Crippen molar-refractivity contribution in [2.75, 3.05) is 19.1 Å². The molecule has 0 radical (unpaired) electrons. The lowest BCUT2D eigenvalue weighted by Crippen LogP contribution is -2.23. The van der Waals surface area contributed by atoms with Crippen LogP contribution in [0.2, 0.25) is 0 Å². The van der Waals surface area contributed by atoms with Crippen LogP contribution in [0.1, 0.15) is 35.7 Å². The first-order valence-corrected chi connectivity index (χ1v) is 10.5. The number of unbranched alkanes of at least 4 members (excludes halogenated alkanes) is 1. The standard InChI is InChI=1S/C24H27N5O3/c1-4-5-6-19(25)15-28-10-9-22(27-28)29-14-18-11-16(7-8-20(18)24(29)30)17-12-21(31-2)23(32-3)26-13-17/h6-13H,4-5,14-15,25H2,1-3H3/b19-6+. The number of nitrogens with zero attached hydrogens (tertiary/aromatic N) is 4. The lowest BCUT2D eigenvalue weighted by Gasteiger charge is -2.11. The molecule has 0 fully saturated rings. The Kier molecular flexibility index (Phi) is 6.11. The van der Waals surface area contributed by atoms with E-state index in [4.69, 9.17) is 15.2 Å². The Balaban J connectivity index is 1.55. The highest BCUT2D eigenvalue weighted by Gasteiger charge is 2.30. The molecule has 3 aromatic rings. The number of carbonyl (C=O) groups is 1. The van der Waals surface area contributed by atoms with Crippen LogP contribution in [0, 0.1) is 0 Å². The molecule has 2 aromatic heterocycles.